The lowest BCUT2D eigenvalue weighted by atomic mass is 10.0. The SMILES string of the molecule is COc1cc(/C=C2\C(=O)N(CC(C)C)c3ccccc32)cc(Cl)c1OCc1ccccc1Cl. The number of fused-ring (bicyclic) bond motifs is 1. The van der Waals surface area contributed by atoms with Crippen molar-refractivity contribution in [2.24, 2.45) is 5.92 Å². The highest BCUT2D eigenvalue weighted by molar-refractivity contribution is 6.36. The number of ether oxygens (including phenoxy) is 2. The molecule has 3 aromatic rings. The molecule has 0 aromatic heterocycles. The first-order valence-corrected chi connectivity index (χ1v) is 11.5. The summed E-state index contributed by atoms with van der Waals surface area (Å²) < 4.78 is 11.5. The van der Waals surface area contributed by atoms with Crippen molar-refractivity contribution in [2.75, 3.05) is 18.6 Å². The van der Waals surface area contributed by atoms with Gasteiger partial charge in [0.25, 0.3) is 5.91 Å². The first-order valence-electron chi connectivity index (χ1n) is 10.8. The maximum absolute atomic E-state index is 13.3. The lowest BCUT2D eigenvalue weighted by Crippen LogP contribution is -2.30. The van der Waals surface area contributed by atoms with E-state index >= 15 is 0 Å². The number of anilines is 1. The number of hydrogen-bond donors (Lipinski definition) is 0. The minimum Gasteiger partial charge on any atom is -0.493 e. The third kappa shape index (κ3) is 4.87. The van der Waals surface area contributed by atoms with E-state index in [9.17, 15) is 4.79 Å². The fraction of sp³-hybridized carbons (Fsp3) is 0.222. The molecule has 0 N–H and O–H groups in total. The number of nitrogens with zero attached hydrogens (tertiary/aromatic N) is 1. The standard InChI is InChI=1S/C27H25Cl2NO3/c1-17(2)15-30-24-11-7-5-9-20(24)21(27(30)31)12-18-13-23(29)26(25(14-18)32-3)33-16-19-8-4-6-10-22(19)28/h4-14,17H,15-16H2,1-3H3/b21-12-. The van der Waals surface area contributed by atoms with Crippen LogP contribution in [0.1, 0.15) is 30.5 Å². The van der Waals surface area contributed by atoms with Crippen LogP contribution < -0.4 is 14.4 Å². The van der Waals surface area contributed by atoms with Crippen LogP contribution in [-0.2, 0) is 11.4 Å². The summed E-state index contributed by atoms with van der Waals surface area (Å²) in [4.78, 5) is 15.1. The van der Waals surface area contributed by atoms with Crippen LogP contribution in [0, 0.1) is 5.92 Å². The van der Waals surface area contributed by atoms with E-state index in [1.807, 2.05) is 65.6 Å². The lowest BCUT2D eigenvalue weighted by molar-refractivity contribution is -0.113. The maximum atomic E-state index is 13.3. The van der Waals surface area contributed by atoms with Crippen LogP contribution in [0.3, 0.4) is 0 Å². The summed E-state index contributed by atoms with van der Waals surface area (Å²) >= 11 is 12.8. The Bertz CT molecular complexity index is 1220. The molecule has 1 amide bonds. The summed E-state index contributed by atoms with van der Waals surface area (Å²) in [6.45, 7) is 5.12. The van der Waals surface area contributed by atoms with Crippen LogP contribution in [0.2, 0.25) is 10.0 Å². The van der Waals surface area contributed by atoms with Gasteiger partial charge < -0.3 is 14.4 Å². The zero-order chi connectivity index (χ0) is 23.5. The summed E-state index contributed by atoms with van der Waals surface area (Å²) in [5.41, 5.74) is 4.08. The lowest BCUT2D eigenvalue weighted by Gasteiger charge is -2.19. The number of amides is 1. The van der Waals surface area contributed by atoms with Crippen molar-refractivity contribution in [1.29, 1.82) is 0 Å². The van der Waals surface area contributed by atoms with Gasteiger partial charge in [0.2, 0.25) is 0 Å². The summed E-state index contributed by atoms with van der Waals surface area (Å²) in [5.74, 6) is 1.25. The number of carbonyl (C=O) groups excluding carboxylic acids is 1. The smallest absolute Gasteiger partial charge is 0.259 e. The predicted molar refractivity (Wildman–Crippen MR) is 135 cm³/mol. The van der Waals surface area contributed by atoms with E-state index in [0.717, 1.165) is 22.4 Å². The van der Waals surface area contributed by atoms with Crippen molar-refractivity contribution in [3.05, 3.63) is 87.4 Å². The molecule has 1 aliphatic heterocycles. The van der Waals surface area contributed by atoms with Crippen molar-refractivity contribution in [3.63, 3.8) is 0 Å². The van der Waals surface area contributed by atoms with Crippen LogP contribution in [0.25, 0.3) is 11.6 Å². The van der Waals surface area contributed by atoms with E-state index in [1.54, 1.807) is 13.2 Å². The van der Waals surface area contributed by atoms with Crippen LogP contribution in [0.4, 0.5) is 5.69 Å². The average molecular weight is 482 g/mol. The molecule has 1 heterocycles. The summed E-state index contributed by atoms with van der Waals surface area (Å²) in [7, 11) is 1.56. The molecule has 33 heavy (non-hydrogen) atoms. The molecule has 6 heteroatoms. The summed E-state index contributed by atoms with van der Waals surface area (Å²) in [6.07, 6.45) is 1.85. The normalized spacial score (nSPS) is 14.2. The van der Waals surface area contributed by atoms with E-state index in [2.05, 4.69) is 13.8 Å². The van der Waals surface area contributed by atoms with Gasteiger partial charge in [0.1, 0.15) is 6.61 Å². The van der Waals surface area contributed by atoms with Crippen LogP contribution in [-0.4, -0.2) is 19.6 Å². The highest BCUT2D eigenvalue weighted by Gasteiger charge is 2.32. The van der Waals surface area contributed by atoms with E-state index in [0.29, 0.717) is 39.6 Å². The molecular formula is C27H25Cl2NO3. The van der Waals surface area contributed by atoms with Gasteiger partial charge in [0, 0.05) is 28.3 Å². The topological polar surface area (TPSA) is 38.8 Å². The molecular weight excluding hydrogens is 457 g/mol. The third-order valence-corrected chi connectivity index (χ3v) is 6.05. The van der Waals surface area contributed by atoms with Gasteiger partial charge in [0.05, 0.1) is 17.8 Å². The minimum atomic E-state index is -0.0148. The molecule has 0 unspecified atom stereocenters. The highest BCUT2D eigenvalue weighted by Crippen LogP contribution is 2.41. The number of rotatable bonds is 7. The van der Waals surface area contributed by atoms with Gasteiger partial charge in [-0.05, 0) is 41.8 Å². The molecule has 0 radical (unpaired) electrons. The van der Waals surface area contributed by atoms with Crippen molar-refractivity contribution in [3.8, 4) is 11.5 Å². The number of methoxy groups -OCH3 is 1. The first kappa shape index (κ1) is 23.2. The molecule has 4 nitrogen and oxygen atoms in total. The second-order valence-electron chi connectivity index (χ2n) is 8.30. The molecule has 1 aliphatic rings. The van der Waals surface area contributed by atoms with Crippen LogP contribution in [0.5, 0.6) is 11.5 Å². The number of carbonyl (C=O) groups is 1. The average Bonchev–Trinajstić information content (AvgIpc) is 3.04. The van der Waals surface area contributed by atoms with Crippen molar-refractivity contribution in [1.82, 2.24) is 0 Å². The second kappa shape index (κ2) is 9.90. The molecule has 4 rings (SSSR count). The van der Waals surface area contributed by atoms with E-state index < -0.39 is 0 Å². The van der Waals surface area contributed by atoms with Gasteiger partial charge in [-0.15, -0.1) is 0 Å². The van der Waals surface area contributed by atoms with E-state index in [1.165, 1.54) is 0 Å². The molecule has 0 spiro atoms. The van der Waals surface area contributed by atoms with Gasteiger partial charge in [-0.3, -0.25) is 4.79 Å². The van der Waals surface area contributed by atoms with Crippen molar-refractivity contribution < 1.29 is 14.3 Å². The molecule has 0 saturated heterocycles. The zero-order valence-electron chi connectivity index (χ0n) is 18.8. The molecule has 0 atom stereocenters. The molecule has 0 bridgehead atoms. The van der Waals surface area contributed by atoms with Gasteiger partial charge in [-0.25, -0.2) is 0 Å². The molecule has 0 saturated carbocycles. The Hall–Kier alpha value is -2.95. The molecule has 170 valence electrons. The molecule has 0 aliphatic carbocycles. The number of hydrogen-bond acceptors (Lipinski definition) is 3. The fourth-order valence-electron chi connectivity index (χ4n) is 3.89. The monoisotopic (exact) mass is 481 g/mol. The number of benzene rings is 3. The quantitative estimate of drug-likeness (QED) is 0.337. The fourth-order valence-corrected chi connectivity index (χ4v) is 4.35. The Balaban J connectivity index is 1.67. The predicted octanol–water partition coefficient (Wildman–Crippen LogP) is 7.12. The van der Waals surface area contributed by atoms with Gasteiger partial charge in [0.15, 0.2) is 11.5 Å². The number of halogens is 2. The van der Waals surface area contributed by atoms with E-state index in [-0.39, 0.29) is 12.5 Å². The Morgan fingerprint density at radius 2 is 1.73 bits per heavy atom. The van der Waals surface area contributed by atoms with Crippen LogP contribution >= 0.6 is 23.2 Å². The van der Waals surface area contributed by atoms with Crippen molar-refractivity contribution in [2.45, 2.75) is 20.5 Å². The Morgan fingerprint density at radius 1 is 1.00 bits per heavy atom. The minimum absolute atomic E-state index is 0.0148. The van der Waals surface area contributed by atoms with Crippen LogP contribution in [0.15, 0.2) is 60.7 Å². The zero-order valence-corrected chi connectivity index (χ0v) is 20.3. The molecule has 3 aromatic carbocycles. The largest absolute Gasteiger partial charge is 0.493 e. The number of para-hydroxylation sites is 1. The first-order chi connectivity index (χ1) is 15.9. The van der Waals surface area contributed by atoms with Gasteiger partial charge in [-0.1, -0.05) is 73.4 Å². The molecule has 0 fully saturated rings. The Labute approximate surface area is 204 Å². The summed E-state index contributed by atoms with van der Waals surface area (Å²) in [6, 6.07) is 18.9. The Kier molecular flexibility index (Phi) is 6.96. The maximum Gasteiger partial charge on any atom is 0.259 e. The second-order valence-corrected chi connectivity index (χ2v) is 9.11. The van der Waals surface area contributed by atoms with E-state index in [4.69, 9.17) is 32.7 Å². The summed E-state index contributed by atoms with van der Waals surface area (Å²) in [5, 5.41) is 1.02. The van der Waals surface area contributed by atoms with Gasteiger partial charge in [-0.2, -0.15) is 0 Å². The third-order valence-electron chi connectivity index (χ3n) is 5.40. The van der Waals surface area contributed by atoms with Gasteiger partial charge >= 0.3 is 0 Å². The Morgan fingerprint density at radius 3 is 2.45 bits per heavy atom. The van der Waals surface area contributed by atoms with Crippen molar-refractivity contribution >= 4 is 46.4 Å². The highest BCUT2D eigenvalue weighted by atomic mass is 35.5.